The zero-order valence-corrected chi connectivity index (χ0v) is 9.75. The molecule has 18 heavy (non-hydrogen) atoms. The van der Waals surface area contributed by atoms with Gasteiger partial charge in [0.2, 0.25) is 0 Å². The van der Waals surface area contributed by atoms with Crippen molar-refractivity contribution in [3.63, 3.8) is 0 Å². The number of carboxylic acid groups (broad SMARTS) is 1. The lowest BCUT2D eigenvalue weighted by Crippen LogP contribution is -2.26. The number of hydrogen-bond acceptors (Lipinski definition) is 4. The second-order valence-corrected chi connectivity index (χ2v) is 3.93. The minimum Gasteiger partial charge on any atom is -0.543 e. The van der Waals surface area contributed by atoms with Gasteiger partial charge in [-0.3, -0.25) is 4.68 Å². The van der Waals surface area contributed by atoms with Gasteiger partial charge in [0.15, 0.2) is 0 Å². The van der Waals surface area contributed by atoms with E-state index in [-0.39, 0.29) is 5.69 Å². The Bertz CT molecular complexity index is 638. The van der Waals surface area contributed by atoms with E-state index >= 15 is 0 Å². The summed E-state index contributed by atoms with van der Waals surface area (Å²) < 4.78 is 1.36. The fourth-order valence-electron chi connectivity index (χ4n) is 1.74. The van der Waals surface area contributed by atoms with Gasteiger partial charge in [-0.1, -0.05) is 12.1 Å². The lowest BCUT2D eigenvalue weighted by Gasteiger charge is -2.08. The Morgan fingerprint density at radius 3 is 2.94 bits per heavy atom. The number of benzene rings is 1. The molecule has 0 saturated carbocycles. The van der Waals surface area contributed by atoms with Gasteiger partial charge >= 0.3 is 0 Å². The van der Waals surface area contributed by atoms with Crippen molar-refractivity contribution in [3.8, 4) is 6.07 Å². The average molecular weight is 240 g/mol. The topological polar surface area (TPSA) is 81.7 Å². The second-order valence-electron chi connectivity index (χ2n) is 3.93. The Labute approximate surface area is 104 Å². The summed E-state index contributed by atoms with van der Waals surface area (Å²) in [6.45, 7) is 2.02. The van der Waals surface area contributed by atoms with E-state index in [0.29, 0.717) is 17.8 Å². The summed E-state index contributed by atoms with van der Waals surface area (Å²) in [6, 6.07) is 10.5. The van der Waals surface area contributed by atoms with E-state index in [9.17, 15) is 9.90 Å². The fourth-order valence-corrected chi connectivity index (χ4v) is 1.74. The van der Waals surface area contributed by atoms with Crippen molar-refractivity contribution in [1.82, 2.24) is 9.78 Å². The molecular formula is C13H10N3O2-. The van der Waals surface area contributed by atoms with Gasteiger partial charge in [0.1, 0.15) is 0 Å². The van der Waals surface area contributed by atoms with Crippen LogP contribution in [0.5, 0.6) is 0 Å². The van der Waals surface area contributed by atoms with Crippen LogP contribution in [0.25, 0.3) is 0 Å². The van der Waals surface area contributed by atoms with Gasteiger partial charge in [-0.05, 0) is 30.7 Å². The van der Waals surface area contributed by atoms with Crippen molar-refractivity contribution in [2.45, 2.75) is 13.5 Å². The highest BCUT2D eigenvalue weighted by molar-refractivity contribution is 5.83. The summed E-state index contributed by atoms with van der Waals surface area (Å²) in [5.41, 5.74) is 2.01. The molecule has 0 atom stereocenters. The molecule has 0 saturated heterocycles. The zero-order chi connectivity index (χ0) is 13.1. The van der Waals surface area contributed by atoms with Gasteiger partial charge in [-0.25, -0.2) is 0 Å². The number of carbonyl (C=O) groups is 1. The number of hydrogen-bond donors (Lipinski definition) is 0. The number of aryl methyl sites for hydroxylation is 1. The van der Waals surface area contributed by atoms with Gasteiger partial charge < -0.3 is 9.90 Å². The van der Waals surface area contributed by atoms with Crippen LogP contribution in [0.4, 0.5) is 0 Å². The molecule has 0 amide bonds. The molecule has 1 aromatic carbocycles. The number of nitriles is 1. The molecule has 2 aromatic rings. The van der Waals surface area contributed by atoms with E-state index in [1.807, 2.05) is 12.1 Å². The summed E-state index contributed by atoms with van der Waals surface area (Å²) >= 11 is 0. The molecule has 0 fully saturated rings. The number of carbonyl (C=O) groups excluding carboxylic acids is 1. The fraction of sp³-hybridized carbons (Fsp3) is 0.154. The monoisotopic (exact) mass is 240 g/mol. The standard InChI is InChI=1S/C13H11N3O2/c1-9-5-12(13(17)18)16(15-9)8-11-4-2-3-10(6-11)7-14/h2-6H,8H2,1H3,(H,17,18)/p-1. The lowest BCUT2D eigenvalue weighted by molar-refractivity contribution is -0.255. The minimum absolute atomic E-state index is 0.0369. The third kappa shape index (κ3) is 2.38. The van der Waals surface area contributed by atoms with Crippen molar-refractivity contribution in [2.24, 2.45) is 0 Å². The number of nitrogens with zero attached hydrogens (tertiary/aromatic N) is 3. The molecule has 0 aliphatic carbocycles. The van der Waals surface area contributed by atoms with E-state index < -0.39 is 5.97 Å². The molecule has 5 heteroatoms. The third-order valence-corrected chi connectivity index (χ3v) is 2.50. The smallest absolute Gasteiger partial charge is 0.0991 e. The molecule has 0 spiro atoms. The van der Waals surface area contributed by atoms with E-state index in [2.05, 4.69) is 5.10 Å². The van der Waals surface area contributed by atoms with Gasteiger partial charge in [0.05, 0.1) is 35.5 Å². The van der Waals surface area contributed by atoms with Crippen molar-refractivity contribution in [1.29, 1.82) is 5.26 Å². The van der Waals surface area contributed by atoms with Crippen LogP contribution < -0.4 is 5.11 Å². The molecule has 0 bridgehead atoms. The van der Waals surface area contributed by atoms with Crippen molar-refractivity contribution >= 4 is 5.97 Å². The average Bonchev–Trinajstić information content (AvgIpc) is 2.70. The number of rotatable bonds is 3. The summed E-state index contributed by atoms with van der Waals surface area (Å²) in [5.74, 6) is -1.26. The molecule has 0 N–H and O–H groups in total. The van der Waals surface area contributed by atoms with Crippen LogP contribution in [-0.4, -0.2) is 15.7 Å². The highest BCUT2D eigenvalue weighted by atomic mass is 16.4. The molecule has 1 aromatic heterocycles. The maximum atomic E-state index is 10.9. The summed E-state index contributed by atoms with van der Waals surface area (Å²) in [4.78, 5) is 10.9. The predicted octanol–water partition coefficient (Wildman–Crippen LogP) is 0.475. The largest absolute Gasteiger partial charge is 0.543 e. The van der Waals surface area contributed by atoms with Crippen molar-refractivity contribution in [3.05, 3.63) is 52.8 Å². The first-order valence-corrected chi connectivity index (χ1v) is 5.35. The molecule has 0 unspecified atom stereocenters. The Hall–Kier alpha value is -2.61. The van der Waals surface area contributed by atoms with Gasteiger partial charge in [-0.15, -0.1) is 0 Å². The minimum atomic E-state index is -1.26. The Kier molecular flexibility index (Phi) is 3.11. The van der Waals surface area contributed by atoms with Crippen molar-refractivity contribution < 1.29 is 9.90 Å². The van der Waals surface area contributed by atoms with E-state index in [1.54, 1.807) is 25.1 Å². The normalized spacial score (nSPS) is 10.0. The summed E-state index contributed by atoms with van der Waals surface area (Å²) in [6.07, 6.45) is 0. The SMILES string of the molecule is Cc1cc(C(=O)[O-])n(Cc2cccc(C#N)c2)n1. The molecule has 0 aliphatic heterocycles. The van der Waals surface area contributed by atoms with E-state index in [4.69, 9.17) is 5.26 Å². The zero-order valence-electron chi connectivity index (χ0n) is 9.75. The molecule has 90 valence electrons. The van der Waals surface area contributed by atoms with Crippen molar-refractivity contribution in [2.75, 3.05) is 0 Å². The van der Waals surface area contributed by atoms with Gasteiger partial charge in [-0.2, -0.15) is 10.4 Å². The first-order chi connectivity index (χ1) is 8.60. The molecule has 5 nitrogen and oxygen atoms in total. The van der Waals surface area contributed by atoms with Crippen LogP contribution in [0.15, 0.2) is 30.3 Å². The van der Waals surface area contributed by atoms with Crippen LogP contribution in [0.1, 0.15) is 27.3 Å². The molecule has 0 radical (unpaired) electrons. The van der Waals surface area contributed by atoms with Crippen LogP contribution in [0.2, 0.25) is 0 Å². The first kappa shape index (κ1) is 11.9. The Balaban J connectivity index is 2.34. The second kappa shape index (κ2) is 4.72. The predicted molar refractivity (Wildman–Crippen MR) is 61.6 cm³/mol. The highest BCUT2D eigenvalue weighted by Gasteiger charge is 2.07. The highest BCUT2D eigenvalue weighted by Crippen LogP contribution is 2.09. The summed E-state index contributed by atoms with van der Waals surface area (Å²) in [5, 5.41) is 23.8. The van der Waals surface area contributed by atoms with Gasteiger partial charge in [0, 0.05) is 0 Å². The number of aromatic nitrogens is 2. The first-order valence-electron chi connectivity index (χ1n) is 5.35. The maximum Gasteiger partial charge on any atom is 0.0991 e. The number of aromatic carboxylic acids is 1. The quantitative estimate of drug-likeness (QED) is 0.781. The van der Waals surface area contributed by atoms with Crippen LogP contribution in [0, 0.1) is 18.3 Å². The third-order valence-electron chi connectivity index (χ3n) is 2.50. The van der Waals surface area contributed by atoms with Gasteiger partial charge in [0.25, 0.3) is 0 Å². The summed E-state index contributed by atoms with van der Waals surface area (Å²) in [7, 11) is 0. The van der Waals surface area contributed by atoms with Crippen LogP contribution in [0.3, 0.4) is 0 Å². The Morgan fingerprint density at radius 1 is 1.50 bits per heavy atom. The molecule has 1 heterocycles. The molecular weight excluding hydrogens is 230 g/mol. The van der Waals surface area contributed by atoms with E-state index in [0.717, 1.165) is 5.56 Å². The Morgan fingerprint density at radius 2 is 2.28 bits per heavy atom. The van der Waals surface area contributed by atoms with E-state index in [1.165, 1.54) is 10.7 Å². The number of carboxylic acids is 1. The van der Waals surface area contributed by atoms with Crippen LogP contribution >= 0.6 is 0 Å². The molecule has 2 rings (SSSR count). The maximum absolute atomic E-state index is 10.9. The lowest BCUT2D eigenvalue weighted by atomic mass is 10.1. The molecule has 0 aliphatic rings. The van der Waals surface area contributed by atoms with Crippen LogP contribution in [-0.2, 0) is 6.54 Å².